The zero-order chi connectivity index (χ0) is 11.3. The molecule has 0 spiro atoms. The molecular formula is C9H10NO4S. The Bertz CT molecular complexity index is 427. The van der Waals surface area contributed by atoms with Gasteiger partial charge >= 0.3 is 0 Å². The smallest absolute Gasteiger partial charge is 0.265 e. The van der Waals surface area contributed by atoms with E-state index in [1.165, 1.54) is 0 Å². The predicted octanol–water partition coefficient (Wildman–Crippen LogP) is 0.703. The van der Waals surface area contributed by atoms with Crippen molar-refractivity contribution in [2.75, 3.05) is 11.1 Å². The third-order valence-corrected chi connectivity index (χ3v) is 2.31. The van der Waals surface area contributed by atoms with Crippen molar-refractivity contribution in [2.45, 2.75) is 6.42 Å². The Morgan fingerprint density at radius 1 is 1.40 bits per heavy atom. The Kier molecular flexibility index (Phi) is 3.81. The van der Waals surface area contributed by atoms with Gasteiger partial charge in [-0.1, -0.05) is 12.1 Å². The molecule has 2 N–H and O–H groups in total. The van der Waals surface area contributed by atoms with Crippen LogP contribution in [0.1, 0.15) is 6.42 Å². The third kappa shape index (κ3) is 5.14. The first-order valence-electron chi connectivity index (χ1n) is 4.18. The molecule has 1 radical (unpaired) electrons. The Morgan fingerprint density at radius 2 is 2.00 bits per heavy atom. The maximum Gasteiger partial charge on any atom is 0.265 e. The van der Waals surface area contributed by atoms with Crippen molar-refractivity contribution < 1.29 is 17.8 Å². The van der Waals surface area contributed by atoms with Crippen molar-refractivity contribution >= 4 is 21.7 Å². The van der Waals surface area contributed by atoms with E-state index in [0.29, 0.717) is 5.69 Å². The Labute approximate surface area is 87.9 Å². The zero-order valence-electron chi connectivity index (χ0n) is 7.80. The normalized spacial score (nSPS) is 11.0. The molecule has 0 saturated carbocycles. The van der Waals surface area contributed by atoms with Crippen LogP contribution in [-0.4, -0.2) is 24.6 Å². The summed E-state index contributed by atoms with van der Waals surface area (Å²) in [7, 11) is -4.08. The maximum atomic E-state index is 11.2. The molecular weight excluding hydrogens is 218 g/mol. The minimum atomic E-state index is -4.08. The van der Waals surface area contributed by atoms with Crippen LogP contribution in [0.15, 0.2) is 24.3 Å². The molecule has 0 bridgehead atoms. The van der Waals surface area contributed by atoms with Gasteiger partial charge in [0, 0.05) is 12.1 Å². The molecule has 0 unspecified atom stereocenters. The number of carbonyl (C=O) groups is 1. The van der Waals surface area contributed by atoms with Gasteiger partial charge in [-0.15, -0.1) is 0 Å². The van der Waals surface area contributed by atoms with Crippen molar-refractivity contribution in [3.63, 3.8) is 0 Å². The second-order valence-corrected chi connectivity index (χ2v) is 4.44. The lowest BCUT2D eigenvalue weighted by molar-refractivity contribution is -0.115. The number of hydrogen-bond acceptors (Lipinski definition) is 3. The van der Waals surface area contributed by atoms with Gasteiger partial charge in [-0.3, -0.25) is 9.35 Å². The van der Waals surface area contributed by atoms with Gasteiger partial charge in [0.15, 0.2) is 0 Å². The number of benzene rings is 1. The highest BCUT2D eigenvalue weighted by molar-refractivity contribution is 7.85. The van der Waals surface area contributed by atoms with E-state index in [1.807, 2.05) is 0 Å². The fourth-order valence-corrected chi connectivity index (χ4v) is 1.36. The summed E-state index contributed by atoms with van der Waals surface area (Å²) in [6.07, 6.45) is -0.266. The fourth-order valence-electron chi connectivity index (χ4n) is 0.915. The van der Waals surface area contributed by atoms with E-state index in [-0.39, 0.29) is 6.42 Å². The topological polar surface area (TPSA) is 83.5 Å². The van der Waals surface area contributed by atoms with Crippen LogP contribution < -0.4 is 5.32 Å². The molecule has 0 aromatic heterocycles. The van der Waals surface area contributed by atoms with E-state index < -0.39 is 21.8 Å². The van der Waals surface area contributed by atoms with Gasteiger partial charge < -0.3 is 5.32 Å². The molecule has 5 nitrogen and oxygen atoms in total. The number of nitrogens with one attached hydrogen (secondary N) is 1. The lowest BCUT2D eigenvalue weighted by Crippen LogP contribution is -2.16. The summed E-state index contributed by atoms with van der Waals surface area (Å²) in [5.41, 5.74) is 0.564. The molecule has 15 heavy (non-hydrogen) atoms. The highest BCUT2D eigenvalue weighted by atomic mass is 32.2. The SMILES string of the molecule is O=C(CCS(=O)(=O)O)Nc1cc[c]cc1. The molecule has 1 rings (SSSR count). The van der Waals surface area contributed by atoms with Gasteiger partial charge in [0.1, 0.15) is 0 Å². The van der Waals surface area contributed by atoms with Crippen LogP contribution in [-0.2, 0) is 14.9 Å². The number of anilines is 1. The summed E-state index contributed by atoms with van der Waals surface area (Å²) < 4.78 is 29.1. The van der Waals surface area contributed by atoms with Gasteiger partial charge in [0.05, 0.1) is 5.75 Å². The number of rotatable bonds is 4. The van der Waals surface area contributed by atoms with Gasteiger partial charge in [0.25, 0.3) is 10.1 Å². The summed E-state index contributed by atoms with van der Waals surface area (Å²) in [6.45, 7) is 0. The highest BCUT2D eigenvalue weighted by Gasteiger charge is 2.09. The minimum absolute atomic E-state index is 0.266. The molecule has 0 heterocycles. The summed E-state index contributed by atoms with van der Waals surface area (Å²) in [5, 5.41) is 2.48. The van der Waals surface area contributed by atoms with Crippen molar-refractivity contribution in [3.8, 4) is 0 Å². The van der Waals surface area contributed by atoms with Crippen LogP contribution in [0, 0.1) is 6.07 Å². The summed E-state index contributed by atoms with van der Waals surface area (Å²) >= 11 is 0. The van der Waals surface area contributed by atoms with Crippen LogP contribution >= 0.6 is 0 Å². The molecule has 0 aliphatic rings. The molecule has 0 atom stereocenters. The van der Waals surface area contributed by atoms with Gasteiger partial charge in [-0.05, 0) is 18.2 Å². The van der Waals surface area contributed by atoms with Crippen LogP contribution in [0.3, 0.4) is 0 Å². The Hall–Kier alpha value is -1.40. The average molecular weight is 228 g/mol. The molecule has 0 saturated heterocycles. The van der Waals surface area contributed by atoms with Crippen molar-refractivity contribution in [1.29, 1.82) is 0 Å². The van der Waals surface area contributed by atoms with Crippen LogP contribution in [0.2, 0.25) is 0 Å². The van der Waals surface area contributed by atoms with E-state index >= 15 is 0 Å². The van der Waals surface area contributed by atoms with Crippen molar-refractivity contribution in [3.05, 3.63) is 30.3 Å². The molecule has 1 aromatic carbocycles. The summed E-state index contributed by atoms with van der Waals surface area (Å²) in [4.78, 5) is 11.2. The van der Waals surface area contributed by atoms with Crippen LogP contribution in [0.4, 0.5) is 5.69 Å². The van der Waals surface area contributed by atoms with E-state index in [4.69, 9.17) is 4.55 Å². The van der Waals surface area contributed by atoms with Crippen LogP contribution in [0.5, 0.6) is 0 Å². The van der Waals surface area contributed by atoms with Gasteiger partial charge in [-0.25, -0.2) is 0 Å². The predicted molar refractivity (Wildman–Crippen MR) is 54.9 cm³/mol. The second-order valence-electron chi connectivity index (χ2n) is 2.87. The zero-order valence-corrected chi connectivity index (χ0v) is 8.62. The number of amides is 1. The van der Waals surface area contributed by atoms with Crippen molar-refractivity contribution in [2.24, 2.45) is 0 Å². The lowest BCUT2D eigenvalue weighted by atomic mass is 10.3. The minimum Gasteiger partial charge on any atom is -0.326 e. The Morgan fingerprint density at radius 3 is 2.53 bits per heavy atom. The largest absolute Gasteiger partial charge is 0.326 e. The van der Waals surface area contributed by atoms with Crippen LogP contribution in [0.25, 0.3) is 0 Å². The molecule has 0 aliphatic carbocycles. The quantitative estimate of drug-likeness (QED) is 0.743. The average Bonchev–Trinajstić information content (AvgIpc) is 2.15. The first-order chi connectivity index (χ1) is 6.97. The molecule has 81 valence electrons. The standard InChI is InChI=1S/C9H10NO4S/c11-9(6-7-15(12,13)14)10-8-4-2-1-3-5-8/h2-5H,6-7H2,(H,10,11)(H,12,13,14). The Balaban J connectivity index is 2.44. The first-order valence-corrected chi connectivity index (χ1v) is 5.79. The molecule has 1 aromatic rings. The molecule has 0 aliphatic heterocycles. The fraction of sp³-hybridized carbons (Fsp3) is 0.222. The highest BCUT2D eigenvalue weighted by Crippen LogP contribution is 2.05. The van der Waals surface area contributed by atoms with E-state index in [0.717, 1.165) is 0 Å². The number of carbonyl (C=O) groups excluding carboxylic acids is 1. The summed E-state index contributed by atoms with van der Waals surface area (Å²) in [5.74, 6) is -1.03. The maximum absolute atomic E-state index is 11.2. The molecule has 1 amide bonds. The summed E-state index contributed by atoms with van der Waals surface area (Å²) in [6, 6.07) is 9.28. The first kappa shape index (κ1) is 11.7. The third-order valence-electron chi connectivity index (χ3n) is 1.59. The molecule has 6 heteroatoms. The van der Waals surface area contributed by atoms with E-state index in [9.17, 15) is 13.2 Å². The lowest BCUT2D eigenvalue weighted by Gasteiger charge is -2.03. The monoisotopic (exact) mass is 228 g/mol. The van der Waals surface area contributed by atoms with Gasteiger partial charge in [-0.2, -0.15) is 8.42 Å². The second kappa shape index (κ2) is 4.90. The van der Waals surface area contributed by atoms with E-state index in [1.54, 1.807) is 24.3 Å². The molecule has 0 fully saturated rings. The van der Waals surface area contributed by atoms with Gasteiger partial charge in [0.2, 0.25) is 5.91 Å². The van der Waals surface area contributed by atoms with E-state index in [2.05, 4.69) is 11.4 Å². The van der Waals surface area contributed by atoms with Crippen molar-refractivity contribution in [1.82, 2.24) is 0 Å². The number of hydrogen-bond donors (Lipinski definition) is 2.